The number of carbonyl (C=O) groups is 1. The monoisotopic (exact) mass is 217 g/mol. The van der Waals surface area contributed by atoms with Crippen LogP contribution in [0, 0.1) is 18.8 Å². The van der Waals surface area contributed by atoms with Crippen LogP contribution < -0.4 is 4.90 Å². The first-order valence-electron chi connectivity index (χ1n) is 5.92. The molecule has 2 unspecified atom stereocenters. The maximum absolute atomic E-state index is 10.8. The van der Waals surface area contributed by atoms with Crippen molar-refractivity contribution in [3.63, 3.8) is 0 Å². The molecule has 0 aromatic heterocycles. The molecule has 1 aromatic rings. The average Bonchev–Trinajstić information content (AvgIpc) is 2.59. The standard InChI is InChI=1S/C14H19NO/c1-10-6-14(5-4-13(10)9-16)15-7-11(2)12(3)8-15/h4-6,9,11-12H,7-8H2,1-3H3. The van der Waals surface area contributed by atoms with E-state index in [0.717, 1.165) is 42.3 Å². The van der Waals surface area contributed by atoms with Crippen LogP contribution in [0.1, 0.15) is 29.8 Å². The number of hydrogen-bond donors (Lipinski definition) is 0. The number of benzene rings is 1. The molecule has 0 spiro atoms. The maximum atomic E-state index is 10.8. The molecule has 1 saturated heterocycles. The van der Waals surface area contributed by atoms with Gasteiger partial charge >= 0.3 is 0 Å². The molecule has 16 heavy (non-hydrogen) atoms. The van der Waals surface area contributed by atoms with E-state index in [1.54, 1.807) is 0 Å². The van der Waals surface area contributed by atoms with Gasteiger partial charge in [0.15, 0.2) is 0 Å². The summed E-state index contributed by atoms with van der Waals surface area (Å²) in [6, 6.07) is 6.10. The minimum atomic E-state index is 0.756. The number of anilines is 1. The molecular weight excluding hydrogens is 198 g/mol. The van der Waals surface area contributed by atoms with Gasteiger partial charge in [-0.1, -0.05) is 13.8 Å². The summed E-state index contributed by atoms with van der Waals surface area (Å²) in [6.07, 6.45) is 0.925. The van der Waals surface area contributed by atoms with E-state index in [0.29, 0.717) is 0 Å². The number of aryl methyl sites for hydroxylation is 1. The first-order valence-corrected chi connectivity index (χ1v) is 5.92. The van der Waals surface area contributed by atoms with Crippen LogP contribution in [-0.2, 0) is 0 Å². The summed E-state index contributed by atoms with van der Waals surface area (Å²) in [5, 5.41) is 0. The van der Waals surface area contributed by atoms with Gasteiger partial charge < -0.3 is 4.90 Å². The van der Waals surface area contributed by atoms with Gasteiger partial charge in [-0.25, -0.2) is 0 Å². The van der Waals surface area contributed by atoms with Crippen LogP contribution in [0.5, 0.6) is 0 Å². The van der Waals surface area contributed by atoms with Gasteiger partial charge in [0.1, 0.15) is 6.29 Å². The molecular formula is C14H19NO. The Hall–Kier alpha value is -1.31. The number of aldehydes is 1. The number of rotatable bonds is 2. The van der Waals surface area contributed by atoms with Crippen molar-refractivity contribution in [1.82, 2.24) is 0 Å². The van der Waals surface area contributed by atoms with Gasteiger partial charge in [0.2, 0.25) is 0 Å². The van der Waals surface area contributed by atoms with Crippen molar-refractivity contribution in [2.24, 2.45) is 11.8 Å². The Morgan fingerprint density at radius 2 is 1.88 bits per heavy atom. The Morgan fingerprint density at radius 1 is 1.25 bits per heavy atom. The predicted octanol–water partition coefficient (Wildman–Crippen LogP) is 2.90. The molecule has 0 aliphatic carbocycles. The van der Waals surface area contributed by atoms with Crippen LogP contribution in [-0.4, -0.2) is 19.4 Å². The van der Waals surface area contributed by atoms with Crippen LogP contribution in [0.2, 0.25) is 0 Å². The van der Waals surface area contributed by atoms with E-state index in [1.807, 2.05) is 13.0 Å². The minimum absolute atomic E-state index is 0.756. The topological polar surface area (TPSA) is 20.3 Å². The van der Waals surface area contributed by atoms with Crippen LogP contribution in [0.15, 0.2) is 18.2 Å². The Bertz CT molecular complexity index is 390. The van der Waals surface area contributed by atoms with E-state index in [1.165, 1.54) is 5.69 Å². The fraction of sp³-hybridized carbons (Fsp3) is 0.500. The molecule has 86 valence electrons. The maximum Gasteiger partial charge on any atom is 0.150 e. The third kappa shape index (κ3) is 1.97. The summed E-state index contributed by atoms with van der Waals surface area (Å²) in [4.78, 5) is 13.2. The Kier molecular flexibility index (Phi) is 2.99. The third-order valence-electron chi connectivity index (χ3n) is 3.73. The smallest absolute Gasteiger partial charge is 0.150 e. The SMILES string of the molecule is Cc1cc(N2CC(C)C(C)C2)ccc1C=O. The van der Waals surface area contributed by atoms with Crippen LogP contribution in [0.4, 0.5) is 5.69 Å². The zero-order valence-electron chi connectivity index (χ0n) is 10.2. The van der Waals surface area contributed by atoms with E-state index in [4.69, 9.17) is 0 Å². The van der Waals surface area contributed by atoms with Crippen LogP contribution >= 0.6 is 0 Å². The lowest BCUT2D eigenvalue weighted by atomic mass is 10.0. The lowest BCUT2D eigenvalue weighted by Crippen LogP contribution is -2.19. The van der Waals surface area contributed by atoms with Gasteiger partial charge in [-0.2, -0.15) is 0 Å². The summed E-state index contributed by atoms with van der Waals surface area (Å²) in [6.45, 7) is 8.85. The highest BCUT2D eigenvalue weighted by Gasteiger charge is 2.26. The molecule has 1 aliphatic rings. The van der Waals surface area contributed by atoms with Crippen molar-refractivity contribution < 1.29 is 4.79 Å². The van der Waals surface area contributed by atoms with Crippen LogP contribution in [0.3, 0.4) is 0 Å². The van der Waals surface area contributed by atoms with E-state index in [9.17, 15) is 4.79 Å². The zero-order valence-corrected chi connectivity index (χ0v) is 10.2. The third-order valence-corrected chi connectivity index (χ3v) is 3.73. The van der Waals surface area contributed by atoms with Crippen molar-refractivity contribution in [3.8, 4) is 0 Å². The quantitative estimate of drug-likeness (QED) is 0.710. The molecule has 1 aromatic carbocycles. The largest absolute Gasteiger partial charge is 0.371 e. The van der Waals surface area contributed by atoms with Gasteiger partial charge in [-0.15, -0.1) is 0 Å². The number of carbonyl (C=O) groups excluding carboxylic acids is 1. The first kappa shape index (κ1) is 11.2. The highest BCUT2D eigenvalue weighted by atomic mass is 16.1. The second kappa shape index (κ2) is 4.28. The van der Waals surface area contributed by atoms with Crippen LogP contribution in [0.25, 0.3) is 0 Å². The first-order chi connectivity index (χ1) is 7.61. The van der Waals surface area contributed by atoms with Crippen molar-refractivity contribution in [2.45, 2.75) is 20.8 Å². The van der Waals surface area contributed by atoms with Gasteiger partial charge in [-0.3, -0.25) is 4.79 Å². The zero-order chi connectivity index (χ0) is 11.7. The number of nitrogens with zero attached hydrogens (tertiary/aromatic N) is 1. The summed E-state index contributed by atoms with van der Waals surface area (Å²) in [5.74, 6) is 1.51. The molecule has 2 nitrogen and oxygen atoms in total. The molecule has 1 aliphatic heterocycles. The van der Waals surface area contributed by atoms with E-state index in [-0.39, 0.29) is 0 Å². The predicted molar refractivity (Wildman–Crippen MR) is 67.1 cm³/mol. The Labute approximate surface area is 97.3 Å². The van der Waals surface area contributed by atoms with Gasteiger partial charge in [0.25, 0.3) is 0 Å². The summed E-state index contributed by atoms with van der Waals surface area (Å²) in [7, 11) is 0. The minimum Gasteiger partial charge on any atom is -0.371 e. The second-order valence-electron chi connectivity index (χ2n) is 5.02. The highest BCUT2D eigenvalue weighted by Crippen LogP contribution is 2.28. The van der Waals surface area contributed by atoms with E-state index >= 15 is 0 Å². The fourth-order valence-corrected chi connectivity index (χ4v) is 2.33. The highest BCUT2D eigenvalue weighted by molar-refractivity contribution is 5.78. The Balaban J connectivity index is 2.22. The molecule has 0 radical (unpaired) electrons. The molecule has 0 bridgehead atoms. The normalized spacial score (nSPS) is 24.8. The summed E-state index contributed by atoms with van der Waals surface area (Å²) >= 11 is 0. The molecule has 0 amide bonds. The average molecular weight is 217 g/mol. The molecule has 2 atom stereocenters. The molecule has 2 rings (SSSR count). The molecule has 0 saturated carbocycles. The lowest BCUT2D eigenvalue weighted by Gasteiger charge is -2.19. The summed E-state index contributed by atoms with van der Waals surface area (Å²) in [5.41, 5.74) is 3.11. The van der Waals surface area contributed by atoms with Gasteiger partial charge in [0.05, 0.1) is 0 Å². The van der Waals surface area contributed by atoms with Gasteiger partial charge in [0, 0.05) is 24.3 Å². The molecule has 2 heteroatoms. The summed E-state index contributed by atoms with van der Waals surface area (Å²) < 4.78 is 0. The van der Waals surface area contributed by atoms with Crippen molar-refractivity contribution in [2.75, 3.05) is 18.0 Å². The van der Waals surface area contributed by atoms with Crippen molar-refractivity contribution in [3.05, 3.63) is 29.3 Å². The Morgan fingerprint density at radius 3 is 2.38 bits per heavy atom. The molecule has 1 fully saturated rings. The lowest BCUT2D eigenvalue weighted by molar-refractivity contribution is 0.112. The van der Waals surface area contributed by atoms with Gasteiger partial charge in [-0.05, 0) is 42.5 Å². The van der Waals surface area contributed by atoms with E-state index < -0.39 is 0 Å². The van der Waals surface area contributed by atoms with E-state index in [2.05, 4.69) is 30.9 Å². The molecule has 0 N–H and O–H groups in total. The van der Waals surface area contributed by atoms with Crippen molar-refractivity contribution in [1.29, 1.82) is 0 Å². The second-order valence-corrected chi connectivity index (χ2v) is 5.02. The molecule has 1 heterocycles. The van der Waals surface area contributed by atoms with Crippen molar-refractivity contribution >= 4 is 12.0 Å². The number of hydrogen-bond acceptors (Lipinski definition) is 2. The fourth-order valence-electron chi connectivity index (χ4n) is 2.33.